The van der Waals surface area contributed by atoms with Gasteiger partial charge in [-0.2, -0.15) is 4.98 Å². The fraction of sp³-hybridized carbons (Fsp3) is 0.571. The summed E-state index contributed by atoms with van der Waals surface area (Å²) in [5.41, 5.74) is 5.42. The van der Waals surface area contributed by atoms with Crippen LogP contribution in [0, 0.1) is 12.8 Å². The molecule has 0 fully saturated rings. The summed E-state index contributed by atoms with van der Waals surface area (Å²) in [6, 6.07) is 0. The predicted molar refractivity (Wildman–Crippen MR) is 83.7 cm³/mol. The van der Waals surface area contributed by atoms with E-state index in [0.29, 0.717) is 24.5 Å². The number of anilines is 2. The van der Waals surface area contributed by atoms with E-state index in [1.165, 1.54) is 26.1 Å². The number of rotatable bonds is 6. The zero-order valence-electron chi connectivity index (χ0n) is 12.6. The monoisotopic (exact) mass is 282 g/mol. The lowest BCUT2D eigenvalue weighted by Crippen LogP contribution is -2.08. The summed E-state index contributed by atoms with van der Waals surface area (Å²) < 4.78 is 5.03. The molecule has 1 rings (SSSR count). The maximum absolute atomic E-state index is 8.60. The van der Waals surface area contributed by atoms with Crippen molar-refractivity contribution in [1.82, 2.24) is 9.97 Å². The van der Waals surface area contributed by atoms with E-state index in [4.69, 9.17) is 15.6 Å². The first-order chi connectivity index (χ1) is 9.69. The molecule has 0 unspecified atom stereocenters. The predicted octanol–water partition coefficient (Wildman–Crippen LogP) is 1.92. The molecule has 4 N–H and O–H groups in total. The number of nitrogens with zero attached hydrogens (tertiary/aromatic N) is 2. The first kappa shape index (κ1) is 20.3. The smallest absolute Gasteiger partial charge is 0.222 e. The van der Waals surface area contributed by atoms with Crippen molar-refractivity contribution in [2.45, 2.75) is 33.1 Å². The molecule has 20 heavy (non-hydrogen) atoms. The number of aliphatic hydroxyl groups excluding tert-OH is 1. The Hall–Kier alpha value is -2.00. The number of aromatic nitrogens is 2. The van der Waals surface area contributed by atoms with E-state index in [1.807, 2.05) is 0 Å². The topological polar surface area (TPSA) is 93.3 Å². The number of nitrogens with two attached hydrogens (primary N) is 1. The molecule has 0 radical (unpaired) electrons. The fourth-order valence-electron chi connectivity index (χ4n) is 0.946. The van der Waals surface area contributed by atoms with Gasteiger partial charge >= 0.3 is 0 Å². The summed E-state index contributed by atoms with van der Waals surface area (Å²) in [6.45, 7) is 5.11. The molecular weight excluding hydrogens is 256 g/mol. The number of aliphatic hydroxyl groups is 1. The highest BCUT2D eigenvalue weighted by molar-refractivity contribution is 5.50. The Kier molecular flexibility index (Phi) is 15.3. The van der Waals surface area contributed by atoms with Crippen LogP contribution in [0.3, 0.4) is 0 Å². The van der Waals surface area contributed by atoms with Gasteiger partial charge in [0.2, 0.25) is 5.95 Å². The number of methoxy groups -OCH3 is 1. The van der Waals surface area contributed by atoms with Gasteiger partial charge in [-0.25, -0.2) is 4.98 Å². The Morgan fingerprint density at radius 1 is 1.35 bits per heavy atom. The van der Waals surface area contributed by atoms with Crippen LogP contribution in [0.4, 0.5) is 11.8 Å². The SMILES string of the molecule is C#C.CCCC.COc1cnc(N)nc1NCCCO. The van der Waals surface area contributed by atoms with E-state index in [1.54, 1.807) is 0 Å². The first-order valence-corrected chi connectivity index (χ1v) is 6.54. The highest BCUT2D eigenvalue weighted by Gasteiger charge is 2.04. The molecule has 0 aliphatic heterocycles. The van der Waals surface area contributed by atoms with Crippen molar-refractivity contribution in [3.63, 3.8) is 0 Å². The molecule has 0 saturated carbocycles. The molecule has 0 amide bonds. The van der Waals surface area contributed by atoms with E-state index in [0.717, 1.165) is 0 Å². The number of nitrogens with one attached hydrogen (secondary N) is 1. The number of hydrogen-bond donors (Lipinski definition) is 3. The van der Waals surface area contributed by atoms with E-state index in [9.17, 15) is 0 Å². The highest BCUT2D eigenvalue weighted by Crippen LogP contribution is 2.20. The number of unbranched alkanes of at least 4 members (excludes halogenated alkanes) is 1. The molecular formula is C14H26N4O2. The summed E-state index contributed by atoms with van der Waals surface area (Å²) in [7, 11) is 1.53. The van der Waals surface area contributed by atoms with E-state index < -0.39 is 0 Å². The Labute approximate surface area is 121 Å². The second kappa shape index (κ2) is 15.1. The zero-order valence-corrected chi connectivity index (χ0v) is 12.6. The third-order valence-corrected chi connectivity index (χ3v) is 2.12. The molecule has 6 nitrogen and oxygen atoms in total. The Bertz CT molecular complexity index is 354. The fourth-order valence-corrected chi connectivity index (χ4v) is 0.946. The normalized spacial score (nSPS) is 8.50. The van der Waals surface area contributed by atoms with Gasteiger partial charge in [0.1, 0.15) is 0 Å². The van der Waals surface area contributed by atoms with Crippen LogP contribution in [0.25, 0.3) is 0 Å². The molecule has 0 aliphatic carbocycles. The van der Waals surface area contributed by atoms with Crippen LogP contribution in [0.1, 0.15) is 33.1 Å². The minimum atomic E-state index is 0.135. The second-order valence-corrected chi connectivity index (χ2v) is 3.65. The third kappa shape index (κ3) is 9.97. The summed E-state index contributed by atoms with van der Waals surface area (Å²) in [5, 5.41) is 11.6. The number of hydrogen-bond acceptors (Lipinski definition) is 6. The molecule has 0 bridgehead atoms. The van der Waals surface area contributed by atoms with Crippen LogP contribution in [0.15, 0.2) is 6.20 Å². The van der Waals surface area contributed by atoms with Crippen molar-refractivity contribution in [3.8, 4) is 18.6 Å². The van der Waals surface area contributed by atoms with Gasteiger partial charge in [0, 0.05) is 13.2 Å². The van der Waals surface area contributed by atoms with Crippen molar-refractivity contribution in [2.75, 3.05) is 31.3 Å². The van der Waals surface area contributed by atoms with Gasteiger partial charge in [0.25, 0.3) is 0 Å². The lowest BCUT2D eigenvalue weighted by Gasteiger charge is -2.08. The zero-order chi connectivity index (χ0) is 15.8. The molecule has 114 valence electrons. The number of ether oxygens (including phenoxy) is 1. The van der Waals surface area contributed by atoms with Crippen LogP contribution >= 0.6 is 0 Å². The summed E-state index contributed by atoms with van der Waals surface area (Å²) in [6.07, 6.45) is 12.8. The van der Waals surface area contributed by atoms with E-state index in [-0.39, 0.29) is 12.6 Å². The minimum absolute atomic E-state index is 0.135. The van der Waals surface area contributed by atoms with Crippen molar-refractivity contribution in [3.05, 3.63) is 6.20 Å². The Balaban J connectivity index is 0. The van der Waals surface area contributed by atoms with Crippen molar-refractivity contribution >= 4 is 11.8 Å². The van der Waals surface area contributed by atoms with Gasteiger partial charge in [-0.1, -0.05) is 26.7 Å². The van der Waals surface area contributed by atoms with Crippen LogP contribution in [-0.2, 0) is 0 Å². The van der Waals surface area contributed by atoms with Gasteiger partial charge < -0.3 is 20.9 Å². The number of terminal acetylenes is 1. The quantitative estimate of drug-likeness (QED) is 0.545. The molecule has 0 aromatic carbocycles. The molecule has 1 aromatic rings. The van der Waals surface area contributed by atoms with Crippen molar-refractivity contribution < 1.29 is 9.84 Å². The molecule has 0 aliphatic rings. The van der Waals surface area contributed by atoms with E-state index >= 15 is 0 Å². The van der Waals surface area contributed by atoms with Crippen LogP contribution in [-0.4, -0.2) is 35.3 Å². The molecule has 0 spiro atoms. The first-order valence-electron chi connectivity index (χ1n) is 6.54. The third-order valence-electron chi connectivity index (χ3n) is 2.12. The van der Waals surface area contributed by atoms with Crippen LogP contribution in [0.2, 0.25) is 0 Å². The van der Waals surface area contributed by atoms with Crippen molar-refractivity contribution in [1.29, 1.82) is 0 Å². The van der Waals surface area contributed by atoms with Gasteiger partial charge in [-0.15, -0.1) is 12.8 Å². The maximum atomic E-state index is 8.60. The molecule has 0 saturated heterocycles. The minimum Gasteiger partial charge on any atom is -0.491 e. The molecule has 0 atom stereocenters. The summed E-state index contributed by atoms with van der Waals surface area (Å²) in [4.78, 5) is 7.76. The molecule has 1 heterocycles. The van der Waals surface area contributed by atoms with Gasteiger partial charge in [-0.3, -0.25) is 0 Å². The van der Waals surface area contributed by atoms with Crippen LogP contribution < -0.4 is 15.8 Å². The standard InChI is InChI=1S/C8H14N4O2.C4H10.C2H2/c1-14-6-5-11-8(9)12-7(6)10-3-2-4-13;1-3-4-2;1-2/h5,13H,2-4H2,1H3,(H3,9,10,11,12);3-4H2,1-2H3;1-2H. The van der Waals surface area contributed by atoms with Gasteiger partial charge in [-0.05, 0) is 6.42 Å². The Morgan fingerprint density at radius 2 is 1.95 bits per heavy atom. The molecule has 6 heteroatoms. The van der Waals surface area contributed by atoms with Crippen LogP contribution in [0.5, 0.6) is 5.75 Å². The van der Waals surface area contributed by atoms with Crippen molar-refractivity contribution in [2.24, 2.45) is 0 Å². The Morgan fingerprint density at radius 3 is 2.40 bits per heavy atom. The average Bonchev–Trinajstić information content (AvgIpc) is 2.50. The van der Waals surface area contributed by atoms with Gasteiger partial charge in [0.05, 0.1) is 13.3 Å². The van der Waals surface area contributed by atoms with Gasteiger partial charge in [0.15, 0.2) is 11.6 Å². The average molecular weight is 282 g/mol. The number of nitrogen functional groups attached to an aromatic ring is 1. The largest absolute Gasteiger partial charge is 0.491 e. The highest BCUT2D eigenvalue weighted by atomic mass is 16.5. The lowest BCUT2D eigenvalue weighted by molar-refractivity contribution is 0.292. The summed E-state index contributed by atoms with van der Waals surface area (Å²) >= 11 is 0. The second-order valence-electron chi connectivity index (χ2n) is 3.65. The maximum Gasteiger partial charge on any atom is 0.222 e. The summed E-state index contributed by atoms with van der Waals surface area (Å²) in [5.74, 6) is 1.28. The molecule has 1 aromatic heterocycles. The lowest BCUT2D eigenvalue weighted by atomic mass is 10.4. The van der Waals surface area contributed by atoms with E-state index in [2.05, 4.69) is 42.0 Å².